The molecule has 3 heterocycles. The van der Waals surface area contributed by atoms with Crippen molar-refractivity contribution in [2.75, 3.05) is 18.4 Å². The number of aromatic nitrogens is 3. The van der Waals surface area contributed by atoms with Gasteiger partial charge in [-0.25, -0.2) is 9.97 Å². The molecule has 1 saturated heterocycles. The number of carbonyl (C=O) groups excluding carboxylic acids is 1. The Bertz CT molecular complexity index is 698. The second-order valence-corrected chi connectivity index (χ2v) is 6.36. The Morgan fingerprint density at radius 3 is 2.54 bits per heavy atom. The molecule has 2 aromatic rings. The van der Waals surface area contributed by atoms with E-state index in [1.54, 1.807) is 4.90 Å². The molecule has 2 aromatic heterocycles. The van der Waals surface area contributed by atoms with Crippen molar-refractivity contribution in [1.29, 1.82) is 0 Å². The number of hydrogen-bond donors (Lipinski definition) is 1. The van der Waals surface area contributed by atoms with Gasteiger partial charge in [-0.2, -0.15) is 13.2 Å². The quantitative estimate of drug-likeness (QED) is 0.914. The van der Waals surface area contributed by atoms with E-state index in [1.165, 1.54) is 18.6 Å². The molecule has 3 rings (SSSR count). The minimum Gasteiger partial charge on any atom is -0.359 e. The molecule has 0 aliphatic carbocycles. The molecule has 0 bridgehead atoms. The van der Waals surface area contributed by atoms with Crippen LogP contribution in [0.3, 0.4) is 0 Å². The van der Waals surface area contributed by atoms with Crippen LogP contribution in [0.25, 0.3) is 0 Å². The minimum absolute atomic E-state index is 0.0110. The summed E-state index contributed by atoms with van der Waals surface area (Å²) in [5, 5.41) is 3.27. The monoisotopic (exact) mass is 357 g/mol. The molecule has 1 aliphatic heterocycles. The van der Waals surface area contributed by atoms with Crippen molar-refractivity contribution in [1.82, 2.24) is 19.9 Å². The van der Waals surface area contributed by atoms with Gasteiger partial charge >= 0.3 is 6.18 Å². The molecule has 24 heavy (non-hydrogen) atoms. The van der Waals surface area contributed by atoms with Crippen molar-refractivity contribution in [2.24, 2.45) is 0 Å². The molecule has 128 valence electrons. The Kier molecular flexibility index (Phi) is 4.65. The van der Waals surface area contributed by atoms with Crippen molar-refractivity contribution in [3.8, 4) is 0 Å². The number of likely N-dealkylation sites (tertiary alicyclic amines) is 1. The van der Waals surface area contributed by atoms with Crippen molar-refractivity contribution in [2.45, 2.75) is 25.1 Å². The molecule has 1 fully saturated rings. The van der Waals surface area contributed by atoms with E-state index >= 15 is 0 Å². The summed E-state index contributed by atoms with van der Waals surface area (Å²) < 4.78 is 37.7. The van der Waals surface area contributed by atoms with Crippen molar-refractivity contribution in [3.63, 3.8) is 0 Å². The highest BCUT2D eigenvalue weighted by atomic mass is 32.1. The van der Waals surface area contributed by atoms with E-state index in [2.05, 4.69) is 20.3 Å². The zero-order valence-electron chi connectivity index (χ0n) is 12.5. The SMILES string of the molecule is O=C(c1cnccn1)N1CCC(Nc2ncc(C(F)(F)F)s2)CC1. The van der Waals surface area contributed by atoms with Gasteiger partial charge in [0.2, 0.25) is 0 Å². The second kappa shape index (κ2) is 6.71. The van der Waals surface area contributed by atoms with E-state index in [-0.39, 0.29) is 17.1 Å². The molecule has 10 heteroatoms. The fraction of sp³-hybridized carbons (Fsp3) is 0.429. The molecule has 1 aliphatic rings. The molecule has 0 saturated carbocycles. The zero-order valence-corrected chi connectivity index (χ0v) is 13.3. The summed E-state index contributed by atoms with van der Waals surface area (Å²) >= 11 is 0.591. The highest BCUT2D eigenvalue weighted by molar-refractivity contribution is 7.15. The molecule has 0 atom stereocenters. The highest BCUT2D eigenvalue weighted by Gasteiger charge is 2.33. The van der Waals surface area contributed by atoms with Gasteiger partial charge in [0.15, 0.2) is 5.13 Å². The Balaban J connectivity index is 1.54. The first-order chi connectivity index (χ1) is 11.4. The molecule has 0 aromatic carbocycles. The van der Waals surface area contributed by atoms with Crippen LogP contribution < -0.4 is 5.32 Å². The van der Waals surface area contributed by atoms with Gasteiger partial charge in [0.05, 0.1) is 12.4 Å². The first kappa shape index (κ1) is 16.6. The summed E-state index contributed by atoms with van der Waals surface area (Å²) in [6.07, 6.45) is 2.10. The standard InChI is InChI=1S/C14H14F3N5OS/c15-14(16,17)11-8-20-13(24-11)21-9-1-5-22(6-2-9)12(23)10-7-18-3-4-19-10/h3-4,7-9H,1-2,5-6H2,(H,20,21). The van der Waals surface area contributed by atoms with Gasteiger partial charge in [-0.1, -0.05) is 11.3 Å². The summed E-state index contributed by atoms with van der Waals surface area (Å²) in [4.78, 5) is 24.8. The number of piperidine rings is 1. The van der Waals surface area contributed by atoms with Gasteiger partial charge in [0.1, 0.15) is 10.6 Å². The van der Waals surface area contributed by atoms with Crippen LogP contribution in [-0.2, 0) is 6.18 Å². The topological polar surface area (TPSA) is 71.0 Å². The van der Waals surface area contributed by atoms with Gasteiger partial charge in [-0.05, 0) is 12.8 Å². The summed E-state index contributed by atoms with van der Waals surface area (Å²) in [5.74, 6) is -0.185. The number of nitrogens with one attached hydrogen (secondary N) is 1. The highest BCUT2D eigenvalue weighted by Crippen LogP contribution is 2.35. The van der Waals surface area contributed by atoms with Crippen molar-refractivity contribution in [3.05, 3.63) is 35.4 Å². The normalized spacial score (nSPS) is 16.2. The van der Waals surface area contributed by atoms with Crippen LogP contribution in [0.1, 0.15) is 28.2 Å². The van der Waals surface area contributed by atoms with Crippen molar-refractivity contribution >= 4 is 22.4 Å². The first-order valence-corrected chi connectivity index (χ1v) is 8.10. The van der Waals surface area contributed by atoms with E-state index in [9.17, 15) is 18.0 Å². The van der Waals surface area contributed by atoms with E-state index in [1.807, 2.05) is 0 Å². The first-order valence-electron chi connectivity index (χ1n) is 7.28. The molecule has 0 spiro atoms. The molecule has 6 nitrogen and oxygen atoms in total. The maximum absolute atomic E-state index is 12.6. The number of halogens is 3. The Hall–Kier alpha value is -2.23. The number of carbonyl (C=O) groups is 1. The average molecular weight is 357 g/mol. The van der Waals surface area contributed by atoms with E-state index in [0.717, 1.165) is 6.20 Å². The summed E-state index contributed by atoms with van der Waals surface area (Å²) in [5.41, 5.74) is 0.290. The molecule has 0 unspecified atom stereocenters. The van der Waals surface area contributed by atoms with Crippen LogP contribution >= 0.6 is 11.3 Å². The largest absolute Gasteiger partial charge is 0.427 e. The second-order valence-electron chi connectivity index (χ2n) is 5.33. The van der Waals surface area contributed by atoms with Crippen LogP contribution in [0.2, 0.25) is 0 Å². The fourth-order valence-corrected chi connectivity index (χ4v) is 3.21. The smallest absolute Gasteiger partial charge is 0.359 e. The van der Waals surface area contributed by atoms with E-state index < -0.39 is 11.1 Å². The van der Waals surface area contributed by atoms with Gasteiger partial charge in [-0.3, -0.25) is 9.78 Å². The Morgan fingerprint density at radius 2 is 1.96 bits per heavy atom. The predicted octanol–water partition coefficient (Wildman–Crippen LogP) is 2.67. The number of alkyl halides is 3. The van der Waals surface area contributed by atoms with Gasteiger partial charge < -0.3 is 10.2 Å². The minimum atomic E-state index is -4.37. The maximum atomic E-state index is 12.6. The zero-order chi connectivity index (χ0) is 17.2. The van der Waals surface area contributed by atoms with E-state index in [4.69, 9.17) is 0 Å². The lowest BCUT2D eigenvalue weighted by atomic mass is 10.1. The average Bonchev–Trinajstić information content (AvgIpc) is 3.05. The summed E-state index contributed by atoms with van der Waals surface area (Å²) in [7, 11) is 0. The third-order valence-electron chi connectivity index (χ3n) is 3.68. The number of amides is 1. The van der Waals surface area contributed by atoms with E-state index in [0.29, 0.717) is 43.0 Å². The van der Waals surface area contributed by atoms with Crippen molar-refractivity contribution < 1.29 is 18.0 Å². The van der Waals surface area contributed by atoms with Crippen LogP contribution in [-0.4, -0.2) is 44.9 Å². The molecular weight excluding hydrogens is 343 g/mol. The van der Waals surface area contributed by atoms with Gasteiger partial charge in [-0.15, -0.1) is 0 Å². The number of nitrogens with zero attached hydrogens (tertiary/aromatic N) is 4. The lowest BCUT2D eigenvalue weighted by molar-refractivity contribution is -0.134. The molecule has 1 amide bonds. The number of rotatable bonds is 3. The molecule has 1 N–H and O–H groups in total. The molecular formula is C14H14F3N5OS. The van der Waals surface area contributed by atoms with Gasteiger partial charge in [0.25, 0.3) is 5.91 Å². The van der Waals surface area contributed by atoms with Crippen LogP contribution in [0.5, 0.6) is 0 Å². The third kappa shape index (κ3) is 3.81. The Labute approximate surface area is 139 Å². The fourth-order valence-electron chi connectivity index (χ4n) is 2.44. The molecule has 0 radical (unpaired) electrons. The number of thiazole rings is 1. The Morgan fingerprint density at radius 1 is 1.21 bits per heavy atom. The van der Waals surface area contributed by atoms with Crippen LogP contribution in [0, 0.1) is 0 Å². The summed E-state index contributed by atoms with van der Waals surface area (Å²) in [6.45, 7) is 1.01. The third-order valence-corrected chi connectivity index (χ3v) is 4.65. The summed E-state index contributed by atoms with van der Waals surface area (Å²) in [6, 6.07) is -0.0110. The maximum Gasteiger partial charge on any atom is 0.427 e. The van der Waals surface area contributed by atoms with Crippen LogP contribution in [0.4, 0.5) is 18.3 Å². The number of hydrogen-bond acceptors (Lipinski definition) is 6. The number of anilines is 1. The van der Waals surface area contributed by atoms with Crippen LogP contribution in [0.15, 0.2) is 24.8 Å². The lowest BCUT2D eigenvalue weighted by Crippen LogP contribution is -2.42. The predicted molar refractivity (Wildman–Crippen MR) is 81.7 cm³/mol. The van der Waals surface area contributed by atoms with Gasteiger partial charge in [0, 0.05) is 31.5 Å². The lowest BCUT2D eigenvalue weighted by Gasteiger charge is -2.32.